The zero-order valence-corrected chi connectivity index (χ0v) is 12.0. The van der Waals surface area contributed by atoms with E-state index in [1.807, 2.05) is 33.7 Å². The van der Waals surface area contributed by atoms with E-state index in [4.69, 9.17) is 0 Å². The summed E-state index contributed by atoms with van der Waals surface area (Å²) in [4.78, 5) is 21.4. The highest BCUT2D eigenvalue weighted by molar-refractivity contribution is 5.99. The van der Waals surface area contributed by atoms with Crippen molar-refractivity contribution in [3.63, 3.8) is 0 Å². The molecule has 5 nitrogen and oxygen atoms in total. The van der Waals surface area contributed by atoms with Crippen LogP contribution < -0.4 is 0 Å². The predicted molar refractivity (Wildman–Crippen MR) is 78.0 cm³/mol. The Kier molecular flexibility index (Phi) is 3.44. The first kappa shape index (κ1) is 13.1. The first-order valence-electron chi connectivity index (χ1n) is 7.14. The Hall–Kier alpha value is -1.88. The van der Waals surface area contributed by atoms with Crippen molar-refractivity contribution in [1.82, 2.24) is 19.2 Å². The molecule has 0 aliphatic carbocycles. The molecule has 1 saturated heterocycles. The molecule has 1 amide bonds. The SMILES string of the molecule is CCc1nc(C(=O)N2CCN(C)CC2)c2ccccn12. The second kappa shape index (κ2) is 5.25. The van der Waals surface area contributed by atoms with E-state index in [0.29, 0.717) is 5.69 Å². The van der Waals surface area contributed by atoms with Crippen LogP contribution in [0.5, 0.6) is 0 Å². The van der Waals surface area contributed by atoms with Crippen molar-refractivity contribution >= 4 is 11.4 Å². The number of imidazole rings is 1. The minimum atomic E-state index is 0.0569. The molecule has 3 rings (SSSR count). The van der Waals surface area contributed by atoms with Crippen molar-refractivity contribution in [3.05, 3.63) is 35.9 Å². The van der Waals surface area contributed by atoms with E-state index in [-0.39, 0.29) is 5.91 Å². The lowest BCUT2D eigenvalue weighted by molar-refractivity contribution is 0.0660. The fraction of sp³-hybridized carbons (Fsp3) is 0.467. The van der Waals surface area contributed by atoms with Gasteiger partial charge in [-0.1, -0.05) is 13.0 Å². The lowest BCUT2D eigenvalue weighted by Crippen LogP contribution is -2.47. The van der Waals surface area contributed by atoms with Crippen LogP contribution in [0.15, 0.2) is 24.4 Å². The summed E-state index contributed by atoms with van der Waals surface area (Å²) in [6.45, 7) is 5.48. The highest BCUT2D eigenvalue weighted by Gasteiger charge is 2.24. The van der Waals surface area contributed by atoms with Crippen molar-refractivity contribution in [1.29, 1.82) is 0 Å². The van der Waals surface area contributed by atoms with Gasteiger partial charge in [0.2, 0.25) is 0 Å². The summed E-state index contributed by atoms with van der Waals surface area (Å²) in [6, 6.07) is 5.89. The second-order valence-electron chi connectivity index (χ2n) is 5.28. The van der Waals surface area contributed by atoms with E-state index < -0.39 is 0 Å². The maximum absolute atomic E-state index is 12.7. The van der Waals surface area contributed by atoms with Gasteiger partial charge in [0.15, 0.2) is 5.69 Å². The van der Waals surface area contributed by atoms with Gasteiger partial charge < -0.3 is 14.2 Å². The van der Waals surface area contributed by atoms with Crippen LogP contribution in [-0.2, 0) is 6.42 Å². The molecule has 2 aromatic rings. The number of hydrogen-bond donors (Lipinski definition) is 0. The van der Waals surface area contributed by atoms with Crippen LogP contribution in [0.1, 0.15) is 23.2 Å². The van der Waals surface area contributed by atoms with Gasteiger partial charge in [0.1, 0.15) is 5.82 Å². The van der Waals surface area contributed by atoms with E-state index in [1.54, 1.807) is 0 Å². The second-order valence-corrected chi connectivity index (χ2v) is 5.28. The first-order chi connectivity index (χ1) is 9.70. The van der Waals surface area contributed by atoms with Gasteiger partial charge in [0.05, 0.1) is 5.52 Å². The molecule has 1 aliphatic heterocycles. The highest BCUT2D eigenvalue weighted by Crippen LogP contribution is 2.16. The summed E-state index contributed by atoms with van der Waals surface area (Å²) in [7, 11) is 2.09. The minimum Gasteiger partial charge on any atom is -0.335 e. The van der Waals surface area contributed by atoms with Gasteiger partial charge in [-0.05, 0) is 19.2 Å². The third kappa shape index (κ3) is 2.18. The van der Waals surface area contributed by atoms with E-state index in [2.05, 4.69) is 23.9 Å². The van der Waals surface area contributed by atoms with Crippen molar-refractivity contribution in [2.75, 3.05) is 33.2 Å². The number of aromatic nitrogens is 2. The maximum Gasteiger partial charge on any atom is 0.274 e. The average molecular weight is 272 g/mol. The average Bonchev–Trinajstić information content (AvgIpc) is 2.86. The molecular weight excluding hydrogens is 252 g/mol. The Morgan fingerprint density at radius 3 is 2.70 bits per heavy atom. The normalized spacial score (nSPS) is 16.8. The van der Waals surface area contributed by atoms with Crippen molar-refractivity contribution in [2.24, 2.45) is 0 Å². The van der Waals surface area contributed by atoms with Gasteiger partial charge in [0.25, 0.3) is 5.91 Å². The van der Waals surface area contributed by atoms with Crippen LogP contribution in [0.4, 0.5) is 0 Å². The number of piperazine rings is 1. The topological polar surface area (TPSA) is 40.9 Å². The van der Waals surface area contributed by atoms with Crippen LogP contribution in [0.3, 0.4) is 0 Å². The summed E-state index contributed by atoms with van der Waals surface area (Å²) in [6.07, 6.45) is 2.79. The summed E-state index contributed by atoms with van der Waals surface area (Å²) < 4.78 is 2.02. The predicted octanol–water partition coefficient (Wildman–Crippen LogP) is 1.28. The van der Waals surface area contributed by atoms with Crippen molar-refractivity contribution in [2.45, 2.75) is 13.3 Å². The van der Waals surface area contributed by atoms with Crippen molar-refractivity contribution < 1.29 is 4.79 Å². The Bertz CT molecular complexity index is 626. The largest absolute Gasteiger partial charge is 0.335 e. The van der Waals surface area contributed by atoms with E-state index in [9.17, 15) is 4.79 Å². The fourth-order valence-electron chi connectivity index (χ4n) is 2.67. The Labute approximate surface area is 118 Å². The number of rotatable bonds is 2. The number of nitrogens with zero attached hydrogens (tertiary/aromatic N) is 4. The summed E-state index contributed by atoms with van der Waals surface area (Å²) in [5.74, 6) is 1.000. The Morgan fingerprint density at radius 1 is 1.25 bits per heavy atom. The zero-order valence-electron chi connectivity index (χ0n) is 12.0. The van der Waals surface area contributed by atoms with Gasteiger partial charge in [-0.15, -0.1) is 0 Å². The van der Waals surface area contributed by atoms with Gasteiger partial charge >= 0.3 is 0 Å². The van der Waals surface area contributed by atoms with E-state index in [0.717, 1.165) is 43.9 Å². The number of pyridine rings is 1. The molecule has 20 heavy (non-hydrogen) atoms. The molecule has 5 heteroatoms. The summed E-state index contributed by atoms with van der Waals surface area (Å²) in [5.41, 5.74) is 1.50. The van der Waals surface area contributed by atoms with Gasteiger partial charge in [-0.3, -0.25) is 4.79 Å². The molecule has 0 spiro atoms. The molecule has 0 aromatic carbocycles. The molecule has 0 unspecified atom stereocenters. The zero-order chi connectivity index (χ0) is 14.1. The van der Waals surface area contributed by atoms with Crippen LogP contribution >= 0.6 is 0 Å². The van der Waals surface area contributed by atoms with Gasteiger partial charge in [-0.2, -0.15) is 0 Å². The van der Waals surface area contributed by atoms with Crippen LogP contribution in [0, 0.1) is 0 Å². The molecule has 106 valence electrons. The van der Waals surface area contributed by atoms with Crippen molar-refractivity contribution in [3.8, 4) is 0 Å². The highest BCUT2D eigenvalue weighted by atomic mass is 16.2. The van der Waals surface area contributed by atoms with Crippen LogP contribution in [0.25, 0.3) is 5.52 Å². The quantitative estimate of drug-likeness (QED) is 0.827. The fourth-order valence-corrected chi connectivity index (χ4v) is 2.67. The van der Waals surface area contributed by atoms with Gasteiger partial charge in [0, 0.05) is 38.8 Å². The molecule has 0 radical (unpaired) electrons. The third-order valence-corrected chi connectivity index (χ3v) is 3.93. The lowest BCUT2D eigenvalue weighted by atomic mass is 10.2. The van der Waals surface area contributed by atoms with Crippen LogP contribution in [-0.4, -0.2) is 58.3 Å². The van der Waals surface area contributed by atoms with Gasteiger partial charge in [-0.25, -0.2) is 4.98 Å². The Balaban J connectivity index is 1.95. The third-order valence-electron chi connectivity index (χ3n) is 3.93. The molecule has 0 N–H and O–H groups in total. The molecule has 2 aromatic heterocycles. The maximum atomic E-state index is 12.7. The van der Waals surface area contributed by atoms with E-state index in [1.165, 1.54) is 0 Å². The summed E-state index contributed by atoms with van der Waals surface area (Å²) in [5, 5.41) is 0. The van der Waals surface area contributed by atoms with E-state index >= 15 is 0 Å². The van der Waals surface area contributed by atoms with Crippen LogP contribution in [0.2, 0.25) is 0 Å². The number of fused-ring (bicyclic) bond motifs is 1. The minimum absolute atomic E-state index is 0.0569. The molecule has 1 fully saturated rings. The molecule has 3 heterocycles. The standard InChI is InChI=1S/C15H20N4O/c1-3-13-16-14(12-6-4-5-7-19(12)13)15(20)18-10-8-17(2)9-11-18/h4-7H,3,8-11H2,1-2H3. The first-order valence-corrected chi connectivity index (χ1v) is 7.14. The number of aryl methyl sites for hydroxylation is 1. The lowest BCUT2D eigenvalue weighted by Gasteiger charge is -2.32. The molecular formula is C15H20N4O. The molecule has 0 saturated carbocycles. The number of carbonyl (C=O) groups excluding carboxylic acids is 1. The number of hydrogen-bond acceptors (Lipinski definition) is 3. The monoisotopic (exact) mass is 272 g/mol. The summed E-state index contributed by atoms with van der Waals surface area (Å²) >= 11 is 0. The number of amides is 1. The number of likely N-dealkylation sites (N-methyl/N-ethyl adjacent to an activating group) is 1. The molecule has 0 atom stereocenters. The Morgan fingerprint density at radius 2 is 2.00 bits per heavy atom. The molecule has 0 bridgehead atoms. The molecule has 1 aliphatic rings. The number of carbonyl (C=O) groups is 1. The smallest absolute Gasteiger partial charge is 0.274 e.